The Morgan fingerprint density at radius 3 is 2.82 bits per heavy atom. The second kappa shape index (κ2) is 3.69. The van der Waals surface area contributed by atoms with Crippen molar-refractivity contribution < 1.29 is 14.3 Å². The molecule has 64 valence electrons. The minimum absolute atomic E-state index is 0.0255. The second-order valence-electron chi connectivity index (χ2n) is 2.52. The fourth-order valence-electron chi connectivity index (χ4n) is 1.30. The summed E-state index contributed by atoms with van der Waals surface area (Å²) in [6.07, 6.45) is 0.846. The van der Waals surface area contributed by atoms with Gasteiger partial charge in [-0.15, -0.1) is 0 Å². The Kier molecular flexibility index (Phi) is 2.84. The molecule has 0 aromatic heterocycles. The number of esters is 1. The molecular weight excluding hydrogens is 146 g/mol. The summed E-state index contributed by atoms with van der Waals surface area (Å²) in [6.45, 7) is 0.818. The Morgan fingerprint density at radius 2 is 2.27 bits per heavy atom. The standard InChI is InChI=1S/C7H13NO3/c1-10-5-3-4-8-6(5)7(9)11-2/h5-6,8H,3-4H2,1-2H3/t5-,6+/m1/s1. The van der Waals surface area contributed by atoms with Crippen LogP contribution in [0.15, 0.2) is 0 Å². The largest absolute Gasteiger partial charge is 0.468 e. The molecule has 1 aliphatic heterocycles. The molecule has 0 unspecified atom stereocenters. The van der Waals surface area contributed by atoms with E-state index in [0.717, 1.165) is 13.0 Å². The van der Waals surface area contributed by atoms with Crippen molar-refractivity contribution in [3.05, 3.63) is 0 Å². The van der Waals surface area contributed by atoms with Gasteiger partial charge in [0.15, 0.2) is 0 Å². The van der Waals surface area contributed by atoms with E-state index in [9.17, 15) is 4.79 Å². The lowest BCUT2D eigenvalue weighted by Crippen LogP contribution is -2.40. The number of hydrogen-bond acceptors (Lipinski definition) is 4. The number of methoxy groups -OCH3 is 2. The Morgan fingerprint density at radius 1 is 1.55 bits per heavy atom. The summed E-state index contributed by atoms with van der Waals surface area (Å²) in [5, 5.41) is 3.01. The number of nitrogens with one attached hydrogen (secondary N) is 1. The van der Waals surface area contributed by atoms with Crippen LogP contribution in [-0.2, 0) is 14.3 Å². The van der Waals surface area contributed by atoms with Gasteiger partial charge >= 0.3 is 5.97 Å². The van der Waals surface area contributed by atoms with Crippen LogP contribution in [0.4, 0.5) is 0 Å². The van der Waals surface area contributed by atoms with Crippen molar-refractivity contribution in [2.75, 3.05) is 20.8 Å². The highest BCUT2D eigenvalue weighted by Crippen LogP contribution is 2.11. The van der Waals surface area contributed by atoms with Crippen LogP contribution in [0.2, 0.25) is 0 Å². The van der Waals surface area contributed by atoms with Crippen molar-refractivity contribution in [3.8, 4) is 0 Å². The Labute approximate surface area is 65.9 Å². The lowest BCUT2D eigenvalue weighted by Gasteiger charge is -2.14. The van der Waals surface area contributed by atoms with Crippen LogP contribution in [-0.4, -0.2) is 38.9 Å². The molecule has 0 amide bonds. The molecule has 1 N–H and O–H groups in total. The third-order valence-electron chi connectivity index (χ3n) is 1.92. The fourth-order valence-corrected chi connectivity index (χ4v) is 1.30. The van der Waals surface area contributed by atoms with Crippen LogP contribution < -0.4 is 5.32 Å². The van der Waals surface area contributed by atoms with E-state index in [4.69, 9.17) is 4.74 Å². The van der Waals surface area contributed by atoms with Crippen LogP contribution in [0.5, 0.6) is 0 Å². The third-order valence-corrected chi connectivity index (χ3v) is 1.92. The fraction of sp³-hybridized carbons (Fsp3) is 0.857. The van der Waals surface area contributed by atoms with Crippen LogP contribution in [0.3, 0.4) is 0 Å². The molecule has 11 heavy (non-hydrogen) atoms. The van der Waals surface area contributed by atoms with Crippen molar-refractivity contribution >= 4 is 5.97 Å². The van der Waals surface area contributed by atoms with Gasteiger partial charge in [-0.05, 0) is 13.0 Å². The second-order valence-corrected chi connectivity index (χ2v) is 2.52. The molecule has 4 nitrogen and oxygen atoms in total. The predicted octanol–water partition coefficient (Wildman–Crippen LogP) is -0.464. The van der Waals surface area contributed by atoms with E-state index in [2.05, 4.69) is 10.1 Å². The van der Waals surface area contributed by atoms with E-state index in [-0.39, 0.29) is 18.1 Å². The number of carbonyl (C=O) groups is 1. The average Bonchev–Trinajstić information content (AvgIpc) is 2.50. The van der Waals surface area contributed by atoms with Crippen molar-refractivity contribution in [1.82, 2.24) is 5.32 Å². The molecule has 0 spiro atoms. The van der Waals surface area contributed by atoms with E-state index in [0.29, 0.717) is 0 Å². The molecule has 4 heteroatoms. The average molecular weight is 159 g/mol. The molecular formula is C7H13NO3. The van der Waals surface area contributed by atoms with Gasteiger partial charge in [0.2, 0.25) is 0 Å². The van der Waals surface area contributed by atoms with Gasteiger partial charge in [-0.3, -0.25) is 4.79 Å². The molecule has 0 bridgehead atoms. The molecule has 0 radical (unpaired) electrons. The quantitative estimate of drug-likeness (QED) is 0.554. The highest BCUT2D eigenvalue weighted by molar-refractivity contribution is 5.76. The van der Waals surface area contributed by atoms with Gasteiger partial charge in [0.1, 0.15) is 6.04 Å². The molecule has 1 aliphatic rings. The molecule has 2 atom stereocenters. The summed E-state index contributed by atoms with van der Waals surface area (Å²) in [7, 11) is 2.99. The highest BCUT2D eigenvalue weighted by Gasteiger charge is 2.33. The first kappa shape index (κ1) is 8.49. The topological polar surface area (TPSA) is 47.6 Å². The van der Waals surface area contributed by atoms with Crippen LogP contribution >= 0.6 is 0 Å². The zero-order valence-corrected chi connectivity index (χ0v) is 6.79. The Balaban J connectivity index is 2.49. The SMILES string of the molecule is COC(=O)[C@H]1NCC[C@H]1OC. The van der Waals surface area contributed by atoms with E-state index < -0.39 is 0 Å². The summed E-state index contributed by atoms with van der Waals surface area (Å²) in [5.74, 6) is -0.241. The highest BCUT2D eigenvalue weighted by atomic mass is 16.5. The zero-order valence-electron chi connectivity index (χ0n) is 6.79. The van der Waals surface area contributed by atoms with Crippen LogP contribution in [0, 0.1) is 0 Å². The molecule has 1 rings (SSSR count). The molecule has 1 heterocycles. The summed E-state index contributed by atoms with van der Waals surface area (Å²) in [6, 6.07) is -0.273. The van der Waals surface area contributed by atoms with Gasteiger partial charge in [0, 0.05) is 7.11 Å². The van der Waals surface area contributed by atoms with Crippen molar-refractivity contribution in [2.24, 2.45) is 0 Å². The normalized spacial score (nSPS) is 30.4. The van der Waals surface area contributed by atoms with Crippen LogP contribution in [0.25, 0.3) is 0 Å². The molecule has 1 fully saturated rings. The van der Waals surface area contributed by atoms with Crippen molar-refractivity contribution in [3.63, 3.8) is 0 Å². The third kappa shape index (κ3) is 1.70. The summed E-state index contributed by atoms with van der Waals surface area (Å²) < 4.78 is 9.67. The molecule has 0 aromatic rings. The minimum Gasteiger partial charge on any atom is -0.468 e. The van der Waals surface area contributed by atoms with Gasteiger partial charge in [0.05, 0.1) is 13.2 Å². The first-order chi connectivity index (χ1) is 5.29. The van der Waals surface area contributed by atoms with Crippen molar-refractivity contribution in [1.29, 1.82) is 0 Å². The Hall–Kier alpha value is -0.610. The molecule has 0 saturated carbocycles. The van der Waals surface area contributed by atoms with E-state index >= 15 is 0 Å². The number of hydrogen-bond donors (Lipinski definition) is 1. The first-order valence-electron chi connectivity index (χ1n) is 3.63. The summed E-state index contributed by atoms with van der Waals surface area (Å²) >= 11 is 0. The van der Waals surface area contributed by atoms with Gasteiger partial charge in [-0.1, -0.05) is 0 Å². The lowest BCUT2D eigenvalue weighted by molar-refractivity contribution is -0.145. The Bertz CT molecular complexity index is 149. The lowest BCUT2D eigenvalue weighted by atomic mass is 10.2. The number of ether oxygens (including phenoxy) is 2. The maximum atomic E-state index is 11.0. The first-order valence-corrected chi connectivity index (χ1v) is 3.63. The summed E-state index contributed by atoms with van der Waals surface area (Å²) in [4.78, 5) is 11.0. The maximum Gasteiger partial charge on any atom is 0.325 e. The van der Waals surface area contributed by atoms with E-state index in [1.54, 1.807) is 7.11 Å². The molecule has 1 saturated heterocycles. The smallest absolute Gasteiger partial charge is 0.325 e. The van der Waals surface area contributed by atoms with Gasteiger partial charge in [0.25, 0.3) is 0 Å². The van der Waals surface area contributed by atoms with E-state index in [1.807, 2.05) is 0 Å². The van der Waals surface area contributed by atoms with Gasteiger partial charge < -0.3 is 14.8 Å². The van der Waals surface area contributed by atoms with Crippen LogP contribution in [0.1, 0.15) is 6.42 Å². The number of carbonyl (C=O) groups excluding carboxylic acids is 1. The number of rotatable bonds is 2. The molecule has 0 aliphatic carbocycles. The molecule has 0 aromatic carbocycles. The van der Waals surface area contributed by atoms with E-state index in [1.165, 1.54) is 7.11 Å². The monoisotopic (exact) mass is 159 g/mol. The predicted molar refractivity (Wildman–Crippen MR) is 39.2 cm³/mol. The maximum absolute atomic E-state index is 11.0. The minimum atomic E-state index is -0.273. The van der Waals surface area contributed by atoms with Gasteiger partial charge in [-0.2, -0.15) is 0 Å². The zero-order chi connectivity index (χ0) is 8.27. The summed E-state index contributed by atoms with van der Waals surface area (Å²) in [5.41, 5.74) is 0. The van der Waals surface area contributed by atoms with Crippen molar-refractivity contribution in [2.45, 2.75) is 18.6 Å². The van der Waals surface area contributed by atoms with Gasteiger partial charge in [-0.25, -0.2) is 0 Å².